The number of nitrogens with one attached hydrogen (secondary N) is 2. The van der Waals surface area contributed by atoms with Crippen molar-refractivity contribution in [3.05, 3.63) is 40.7 Å². The van der Waals surface area contributed by atoms with Gasteiger partial charge in [0.15, 0.2) is 5.69 Å². The number of hydrogen-bond acceptors (Lipinski definition) is 6. The van der Waals surface area contributed by atoms with Gasteiger partial charge in [-0.15, -0.1) is 0 Å². The van der Waals surface area contributed by atoms with Crippen LogP contribution in [0.25, 0.3) is 0 Å². The molecular weight excluding hydrogens is 493 g/mol. The zero-order valence-corrected chi connectivity index (χ0v) is 22.1. The second-order valence-electron chi connectivity index (χ2n) is 10.0. The van der Waals surface area contributed by atoms with E-state index in [1.165, 1.54) is 23.1 Å². The summed E-state index contributed by atoms with van der Waals surface area (Å²) in [5.41, 5.74) is 6.24. The number of aromatic nitrogens is 1. The summed E-state index contributed by atoms with van der Waals surface area (Å²) in [6.45, 7) is 1.91. The van der Waals surface area contributed by atoms with Crippen LogP contribution < -0.4 is 21.3 Å². The molecular formula is C27H36FN5O3S. The maximum Gasteiger partial charge on any atom is 0.273 e. The van der Waals surface area contributed by atoms with Crippen molar-refractivity contribution in [2.45, 2.75) is 95.7 Å². The first-order valence-corrected chi connectivity index (χ1v) is 14.1. The fourth-order valence-electron chi connectivity index (χ4n) is 5.31. The largest absolute Gasteiger partial charge is 0.395 e. The third kappa shape index (κ3) is 6.29. The molecule has 1 unspecified atom stereocenters. The highest BCUT2D eigenvalue weighted by molar-refractivity contribution is 7.09. The Hall–Kier alpha value is -3.01. The van der Waals surface area contributed by atoms with Gasteiger partial charge in [-0.3, -0.25) is 19.3 Å². The summed E-state index contributed by atoms with van der Waals surface area (Å²) >= 11 is 0.802. The number of para-hydroxylation sites is 1. The Kier molecular flexibility index (Phi) is 9.13. The molecule has 37 heavy (non-hydrogen) atoms. The third-order valence-electron chi connectivity index (χ3n) is 7.29. The van der Waals surface area contributed by atoms with E-state index in [0.717, 1.165) is 69.3 Å². The minimum atomic E-state index is -0.934. The molecule has 3 amide bonds. The van der Waals surface area contributed by atoms with Gasteiger partial charge in [-0.1, -0.05) is 57.6 Å². The molecule has 1 aromatic heterocycles. The molecule has 2 aliphatic rings. The van der Waals surface area contributed by atoms with E-state index in [2.05, 4.69) is 15.0 Å². The fraction of sp³-hybridized carbons (Fsp3) is 0.556. The van der Waals surface area contributed by atoms with Gasteiger partial charge in [0, 0.05) is 12.1 Å². The van der Waals surface area contributed by atoms with E-state index < -0.39 is 23.7 Å². The Balaban J connectivity index is 1.64. The second kappa shape index (κ2) is 12.5. The molecule has 1 atom stereocenters. The minimum Gasteiger partial charge on any atom is -0.395 e. The zero-order valence-electron chi connectivity index (χ0n) is 21.3. The Morgan fingerprint density at radius 2 is 1.68 bits per heavy atom. The molecule has 1 aromatic carbocycles. The molecule has 0 radical (unpaired) electrons. The van der Waals surface area contributed by atoms with Gasteiger partial charge >= 0.3 is 0 Å². The molecule has 0 saturated heterocycles. The molecule has 0 bridgehead atoms. The summed E-state index contributed by atoms with van der Waals surface area (Å²) in [4.78, 5) is 41.5. The summed E-state index contributed by atoms with van der Waals surface area (Å²) in [7, 11) is 0. The standard InChI is InChI=1S/C27H36FN5O3S/c1-2-10-21(25(34)30-17-13-6-7-14-17)33(20-16-9-8-15-19(20)28)27(36)24-22(29)23(32-37-24)26(35)31-18-11-4-3-5-12-18/h8-9,15-18,21H,2-7,10-14,29H2,1H3,(H,30,34)(H,31,35). The molecule has 200 valence electrons. The van der Waals surface area contributed by atoms with Crippen LogP contribution >= 0.6 is 11.5 Å². The van der Waals surface area contributed by atoms with Gasteiger partial charge < -0.3 is 16.4 Å². The molecule has 10 heteroatoms. The molecule has 4 rings (SSSR count). The van der Waals surface area contributed by atoms with Crippen molar-refractivity contribution < 1.29 is 18.8 Å². The van der Waals surface area contributed by atoms with Gasteiger partial charge in [-0.25, -0.2) is 4.39 Å². The first-order valence-electron chi connectivity index (χ1n) is 13.3. The molecule has 1 heterocycles. The Morgan fingerprint density at radius 1 is 1.05 bits per heavy atom. The van der Waals surface area contributed by atoms with Crippen molar-refractivity contribution in [1.29, 1.82) is 0 Å². The van der Waals surface area contributed by atoms with Crippen LogP contribution in [0.3, 0.4) is 0 Å². The van der Waals surface area contributed by atoms with Crippen LogP contribution in [0.15, 0.2) is 24.3 Å². The number of nitrogens with zero attached hydrogens (tertiary/aromatic N) is 2. The molecule has 0 spiro atoms. The van der Waals surface area contributed by atoms with E-state index in [9.17, 15) is 14.4 Å². The van der Waals surface area contributed by atoms with Crippen molar-refractivity contribution in [3.63, 3.8) is 0 Å². The van der Waals surface area contributed by atoms with Gasteiger partial charge in [0.2, 0.25) is 5.91 Å². The average molecular weight is 530 g/mol. The van der Waals surface area contributed by atoms with Crippen LogP contribution in [0.5, 0.6) is 0 Å². The topological polar surface area (TPSA) is 117 Å². The number of nitrogens with two attached hydrogens (primary N) is 1. The smallest absolute Gasteiger partial charge is 0.273 e. The SMILES string of the molecule is CCCC(C(=O)NC1CCCC1)N(C(=O)c1snc(C(=O)NC2CCCCC2)c1N)c1ccccc1F. The lowest BCUT2D eigenvalue weighted by Crippen LogP contribution is -2.52. The quantitative estimate of drug-likeness (QED) is 0.431. The summed E-state index contributed by atoms with van der Waals surface area (Å²) in [5.74, 6) is -1.99. The van der Waals surface area contributed by atoms with Crippen LogP contribution in [0.2, 0.25) is 0 Å². The van der Waals surface area contributed by atoms with Crippen molar-refractivity contribution in [2.75, 3.05) is 10.6 Å². The van der Waals surface area contributed by atoms with Gasteiger partial charge in [0.1, 0.15) is 16.7 Å². The molecule has 2 aliphatic carbocycles. The number of carbonyl (C=O) groups excluding carboxylic acids is 3. The highest BCUT2D eigenvalue weighted by atomic mass is 32.1. The molecule has 4 N–H and O–H groups in total. The number of hydrogen-bond donors (Lipinski definition) is 3. The van der Waals surface area contributed by atoms with E-state index in [-0.39, 0.29) is 39.9 Å². The van der Waals surface area contributed by atoms with Crippen molar-refractivity contribution >= 4 is 40.6 Å². The summed E-state index contributed by atoms with van der Waals surface area (Å²) < 4.78 is 19.2. The second-order valence-corrected chi connectivity index (χ2v) is 10.8. The number of benzene rings is 1. The predicted molar refractivity (Wildman–Crippen MR) is 143 cm³/mol. The first kappa shape index (κ1) is 27.0. The minimum absolute atomic E-state index is 0.00476. The Morgan fingerprint density at radius 3 is 2.32 bits per heavy atom. The lowest BCUT2D eigenvalue weighted by atomic mass is 9.95. The van der Waals surface area contributed by atoms with Crippen molar-refractivity contribution in [1.82, 2.24) is 15.0 Å². The summed E-state index contributed by atoms with van der Waals surface area (Å²) in [6.07, 6.45) is 9.88. The van der Waals surface area contributed by atoms with Crippen LogP contribution in [-0.2, 0) is 4.79 Å². The van der Waals surface area contributed by atoms with E-state index in [1.54, 1.807) is 6.07 Å². The molecule has 2 aromatic rings. The highest BCUT2D eigenvalue weighted by Gasteiger charge is 2.36. The number of rotatable bonds is 9. The molecule has 8 nitrogen and oxygen atoms in total. The Labute approximate surface area is 221 Å². The maximum atomic E-state index is 15.0. The molecule has 0 aliphatic heterocycles. The van der Waals surface area contributed by atoms with E-state index in [0.29, 0.717) is 12.8 Å². The maximum absolute atomic E-state index is 15.0. The van der Waals surface area contributed by atoms with Gasteiger partial charge in [-0.05, 0) is 55.8 Å². The summed E-state index contributed by atoms with van der Waals surface area (Å²) in [5, 5.41) is 6.04. The highest BCUT2D eigenvalue weighted by Crippen LogP contribution is 2.31. The first-order chi connectivity index (χ1) is 17.9. The van der Waals surface area contributed by atoms with Gasteiger partial charge in [-0.2, -0.15) is 4.37 Å². The monoisotopic (exact) mass is 529 g/mol. The average Bonchev–Trinajstić information content (AvgIpc) is 3.54. The van der Waals surface area contributed by atoms with E-state index in [4.69, 9.17) is 5.73 Å². The lowest BCUT2D eigenvalue weighted by molar-refractivity contribution is -0.123. The molecule has 2 fully saturated rings. The van der Waals surface area contributed by atoms with E-state index >= 15 is 4.39 Å². The number of carbonyl (C=O) groups is 3. The fourth-order valence-corrected chi connectivity index (χ4v) is 6.04. The number of amides is 3. The van der Waals surface area contributed by atoms with Crippen LogP contribution in [0.1, 0.15) is 97.7 Å². The van der Waals surface area contributed by atoms with Crippen LogP contribution in [0.4, 0.5) is 15.8 Å². The van der Waals surface area contributed by atoms with Gasteiger partial charge in [0.05, 0.1) is 11.4 Å². The third-order valence-corrected chi connectivity index (χ3v) is 8.14. The van der Waals surface area contributed by atoms with E-state index in [1.807, 2.05) is 6.92 Å². The summed E-state index contributed by atoms with van der Waals surface area (Å²) in [6, 6.07) is 5.06. The number of nitrogen functional groups attached to an aromatic ring is 1. The number of anilines is 2. The Bertz CT molecular complexity index is 1110. The van der Waals surface area contributed by atoms with Crippen LogP contribution in [0, 0.1) is 5.82 Å². The normalized spacial score (nSPS) is 17.4. The number of halogens is 1. The zero-order chi connectivity index (χ0) is 26.4. The van der Waals surface area contributed by atoms with Crippen molar-refractivity contribution in [2.24, 2.45) is 0 Å². The molecule has 2 saturated carbocycles. The predicted octanol–water partition coefficient (Wildman–Crippen LogP) is 4.80. The van der Waals surface area contributed by atoms with Crippen molar-refractivity contribution in [3.8, 4) is 0 Å². The van der Waals surface area contributed by atoms with Crippen LogP contribution in [-0.4, -0.2) is 40.2 Å². The van der Waals surface area contributed by atoms with Gasteiger partial charge in [0.25, 0.3) is 11.8 Å². The lowest BCUT2D eigenvalue weighted by Gasteiger charge is -2.32.